The molecule has 1 saturated heterocycles. The fourth-order valence-corrected chi connectivity index (χ4v) is 10.2. The van der Waals surface area contributed by atoms with E-state index in [-0.39, 0.29) is 29.7 Å². The van der Waals surface area contributed by atoms with E-state index in [1.165, 1.54) is 24.3 Å². The van der Waals surface area contributed by atoms with Crippen molar-refractivity contribution in [3.05, 3.63) is 121 Å². The van der Waals surface area contributed by atoms with Gasteiger partial charge in [-0.2, -0.15) is 8.62 Å². The summed E-state index contributed by atoms with van der Waals surface area (Å²) in [6, 6.07) is 15.7. The number of benzene rings is 3. The van der Waals surface area contributed by atoms with Crippen LogP contribution in [-0.2, 0) is 41.9 Å². The molecular formula is C37H40N5O18P3. The zero-order valence-corrected chi connectivity index (χ0v) is 36.2. The number of H-pyrrole nitrogens is 1. The molecule has 336 valence electrons. The number of aliphatic hydroxyl groups is 1. The molecule has 1 aromatic heterocycles. The molecule has 0 radical (unpaired) electrons. The number of aromatic amines is 1. The van der Waals surface area contributed by atoms with Gasteiger partial charge in [0.15, 0.2) is 5.60 Å². The van der Waals surface area contributed by atoms with Crippen molar-refractivity contribution in [1.29, 1.82) is 0 Å². The number of hydrogen-bond donors (Lipinski definition) is 7. The molecule has 5 unspecified atom stereocenters. The van der Waals surface area contributed by atoms with Crippen LogP contribution in [0, 0.1) is 0 Å². The average molecular weight is 936 g/mol. The topological polar surface area (TPSA) is 315 Å². The standard InChI is InChI=1S/C37H40N5O18P3/c1-40(2)22-8-11-25-29(15-22)56-30-16-23(41(3)4)9-12-26(30)37(25)27-14-20(7-10-24(27)35(46)58-37)33(44)38-13-5-6-21-18-42(36(47)39-34(21)45)32-17-28(43)31(57-32)19-55-62(51,52)60-63(53,54)59-61(48,49)50/h5-12,14-16,18,28,31-32,43H,13,17,19H2,1-4H3,(H,38,44)(H,51,52)(H,53,54)(H,39,45,47)(H2,48,49,50). The second-order valence-electron chi connectivity index (χ2n) is 14.8. The molecule has 26 heteroatoms. The number of phosphoric ester groups is 1. The number of aromatic nitrogens is 2. The molecule has 23 nitrogen and oxygen atoms in total. The number of rotatable bonds is 14. The van der Waals surface area contributed by atoms with Gasteiger partial charge in [0.25, 0.3) is 11.5 Å². The molecule has 1 spiro atoms. The summed E-state index contributed by atoms with van der Waals surface area (Å²) in [4.78, 5) is 95.0. The van der Waals surface area contributed by atoms with Gasteiger partial charge in [0.2, 0.25) is 0 Å². The maximum absolute atomic E-state index is 13.6. The Kier molecular flexibility index (Phi) is 12.4. The van der Waals surface area contributed by atoms with Crippen LogP contribution in [0.4, 0.5) is 11.4 Å². The molecule has 1 amide bonds. The Morgan fingerprint density at radius 3 is 2.14 bits per heavy atom. The molecule has 63 heavy (non-hydrogen) atoms. The third-order valence-corrected chi connectivity index (χ3v) is 13.9. The second kappa shape index (κ2) is 17.0. The van der Waals surface area contributed by atoms with E-state index in [4.69, 9.17) is 24.0 Å². The van der Waals surface area contributed by atoms with E-state index in [1.54, 1.807) is 6.07 Å². The monoisotopic (exact) mass is 935 g/mol. The van der Waals surface area contributed by atoms with Crippen molar-refractivity contribution in [1.82, 2.24) is 14.9 Å². The molecule has 4 aromatic rings. The number of nitrogens with one attached hydrogen (secondary N) is 2. The third-order valence-electron chi connectivity index (χ3n) is 10.1. The van der Waals surface area contributed by atoms with Gasteiger partial charge in [-0.05, 0) is 42.5 Å². The van der Waals surface area contributed by atoms with E-state index in [0.29, 0.717) is 28.2 Å². The van der Waals surface area contributed by atoms with Crippen LogP contribution in [-0.4, -0.2) is 99.7 Å². The Balaban J connectivity index is 1.06. The molecule has 1 fully saturated rings. The highest BCUT2D eigenvalue weighted by Crippen LogP contribution is 2.66. The first-order valence-electron chi connectivity index (χ1n) is 18.6. The predicted molar refractivity (Wildman–Crippen MR) is 220 cm³/mol. The minimum absolute atomic E-state index is 0.0829. The number of fused-ring (bicyclic) bond motifs is 6. The maximum Gasteiger partial charge on any atom is 0.490 e. The lowest BCUT2D eigenvalue weighted by atomic mass is 9.77. The van der Waals surface area contributed by atoms with Crippen molar-refractivity contribution >= 4 is 52.8 Å². The van der Waals surface area contributed by atoms with Crippen molar-refractivity contribution in [2.45, 2.75) is 30.5 Å². The molecule has 0 bridgehead atoms. The van der Waals surface area contributed by atoms with Gasteiger partial charge < -0.3 is 54.0 Å². The Morgan fingerprint density at radius 2 is 1.54 bits per heavy atom. The van der Waals surface area contributed by atoms with Crippen LogP contribution in [0.25, 0.3) is 6.08 Å². The van der Waals surface area contributed by atoms with Crippen LogP contribution in [0.1, 0.15) is 55.6 Å². The molecular weight excluding hydrogens is 895 g/mol. The minimum atomic E-state index is -5.80. The van der Waals surface area contributed by atoms with Crippen LogP contribution in [0.2, 0.25) is 0 Å². The first-order valence-corrected chi connectivity index (χ1v) is 23.1. The van der Waals surface area contributed by atoms with Crippen LogP contribution in [0.3, 0.4) is 0 Å². The summed E-state index contributed by atoms with van der Waals surface area (Å²) in [6.07, 6.45) is -0.671. The third kappa shape index (κ3) is 9.51. The molecule has 3 aromatic carbocycles. The molecule has 5 atom stereocenters. The largest absolute Gasteiger partial charge is 0.490 e. The molecule has 7 N–H and O–H groups in total. The number of phosphoric acid groups is 3. The molecule has 3 aliphatic heterocycles. The lowest BCUT2D eigenvalue weighted by molar-refractivity contribution is -0.0450. The Bertz CT molecular complexity index is 2740. The van der Waals surface area contributed by atoms with Crippen molar-refractivity contribution < 1.29 is 75.3 Å². The zero-order chi connectivity index (χ0) is 45.8. The van der Waals surface area contributed by atoms with Gasteiger partial charge in [0, 0.05) is 93.1 Å². The Labute approximate surface area is 356 Å². The van der Waals surface area contributed by atoms with Gasteiger partial charge in [-0.25, -0.2) is 23.3 Å². The van der Waals surface area contributed by atoms with Crippen LogP contribution >= 0.6 is 23.5 Å². The van der Waals surface area contributed by atoms with E-state index in [1.807, 2.05) is 74.4 Å². The molecule has 0 saturated carbocycles. The summed E-state index contributed by atoms with van der Waals surface area (Å²) >= 11 is 0. The zero-order valence-electron chi connectivity index (χ0n) is 33.5. The number of esters is 1. The number of aliphatic hydroxyl groups excluding tert-OH is 1. The van der Waals surface area contributed by atoms with E-state index in [9.17, 15) is 47.8 Å². The summed E-state index contributed by atoms with van der Waals surface area (Å²) in [5.74, 6) is -0.194. The number of anilines is 2. The van der Waals surface area contributed by atoms with Gasteiger partial charge in [-0.15, -0.1) is 0 Å². The van der Waals surface area contributed by atoms with Gasteiger partial charge in [-0.1, -0.05) is 12.2 Å². The van der Waals surface area contributed by atoms with Crippen LogP contribution in [0.5, 0.6) is 11.5 Å². The number of carbonyl (C=O) groups is 2. The van der Waals surface area contributed by atoms with Crippen LogP contribution in [0.15, 0.2) is 76.5 Å². The van der Waals surface area contributed by atoms with E-state index in [0.717, 1.165) is 22.1 Å². The SMILES string of the molecule is CN(C)c1ccc2c(c1)Oc1cc(N(C)C)ccc1C21OC(=O)c2ccc(C(=O)NCC=Cc3cn(C4CC(O)C(COP(=O)(O)OP(=O)(O)OP(=O)(O)O)O4)c(=O)[nH]c3=O)cc21. The highest BCUT2D eigenvalue weighted by atomic mass is 31.3. The lowest BCUT2D eigenvalue weighted by Crippen LogP contribution is -2.34. The van der Waals surface area contributed by atoms with Crippen molar-refractivity contribution in [3.8, 4) is 11.5 Å². The summed E-state index contributed by atoms with van der Waals surface area (Å²) in [6.45, 7) is -1.10. The quantitative estimate of drug-likeness (QED) is 0.0706. The van der Waals surface area contributed by atoms with E-state index in [2.05, 4.69) is 23.4 Å². The molecule has 0 aliphatic carbocycles. The Hall–Kier alpha value is -5.25. The van der Waals surface area contributed by atoms with Crippen molar-refractivity contribution in [3.63, 3.8) is 0 Å². The van der Waals surface area contributed by atoms with Gasteiger partial charge in [-0.3, -0.25) is 23.7 Å². The fourth-order valence-electron chi connectivity index (χ4n) is 7.18. The van der Waals surface area contributed by atoms with E-state index < -0.39 is 77.2 Å². The normalized spacial score (nSPS) is 20.5. The number of nitrogens with zero attached hydrogens (tertiary/aromatic N) is 3. The van der Waals surface area contributed by atoms with Crippen molar-refractivity contribution in [2.24, 2.45) is 0 Å². The molecule has 3 aliphatic rings. The number of ether oxygens (including phenoxy) is 3. The highest BCUT2D eigenvalue weighted by Gasteiger charge is 2.54. The average Bonchev–Trinajstić information content (AvgIpc) is 3.70. The molecule has 7 rings (SSSR count). The minimum Gasteiger partial charge on any atom is -0.456 e. The number of hydrogen-bond acceptors (Lipinski definition) is 16. The summed E-state index contributed by atoms with van der Waals surface area (Å²) in [7, 11) is -9.42. The predicted octanol–water partition coefficient (Wildman–Crippen LogP) is 2.67. The Morgan fingerprint density at radius 1 is 0.905 bits per heavy atom. The number of carbonyl (C=O) groups excluding carboxylic acids is 2. The van der Waals surface area contributed by atoms with E-state index >= 15 is 0 Å². The second-order valence-corrected chi connectivity index (χ2v) is 19.2. The van der Waals surface area contributed by atoms with Gasteiger partial charge in [0.05, 0.1) is 23.8 Å². The first kappa shape index (κ1) is 45.8. The fraction of sp³-hybridized carbons (Fsp3) is 0.297. The van der Waals surface area contributed by atoms with Gasteiger partial charge >= 0.3 is 35.1 Å². The maximum atomic E-state index is 13.6. The summed E-state index contributed by atoms with van der Waals surface area (Å²) in [5.41, 5.74) is 0.382. The lowest BCUT2D eigenvalue weighted by Gasteiger charge is -2.37. The molecule has 4 heterocycles. The first-order chi connectivity index (χ1) is 29.5. The highest BCUT2D eigenvalue weighted by molar-refractivity contribution is 7.66. The van der Waals surface area contributed by atoms with Crippen molar-refractivity contribution in [2.75, 3.05) is 51.1 Å². The summed E-state index contributed by atoms with van der Waals surface area (Å²) in [5, 5.41) is 13.2. The smallest absolute Gasteiger partial charge is 0.456 e. The van der Waals surface area contributed by atoms with Crippen LogP contribution < -0.4 is 31.1 Å². The summed E-state index contributed by atoms with van der Waals surface area (Å²) < 4.78 is 65.6. The van der Waals surface area contributed by atoms with Gasteiger partial charge in [0.1, 0.15) is 23.8 Å². The number of amides is 1.